The van der Waals surface area contributed by atoms with Gasteiger partial charge in [-0.1, -0.05) is 12.1 Å². The predicted molar refractivity (Wildman–Crippen MR) is 199 cm³/mol. The van der Waals surface area contributed by atoms with Crippen LogP contribution in [0.1, 0.15) is 75.0 Å². The molecule has 0 N–H and O–H groups in total. The first-order valence-electron chi connectivity index (χ1n) is 17.3. The SMILES string of the molecule is CC(=O)Oc1ccc([C@@H]2Oc3cc(OC(C)=O)cc(OC(C)=O)c3C(=O)[C@H]2c2cc(-c3cc(=O)c4c(OC(C)=O)cc(OC(C)=O)cc4o3)ccc2OC(C)=O)cc1. The number of ketones is 1. The summed E-state index contributed by atoms with van der Waals surface area (Å²) >= 11 is 0. The molecule has 0 fully saturated rings. The molecule has 0 saturated carbocycles. The highest BCUT2D eigenvalue weighted by molar-refractivity contribution is 6.08. The molecule has 2 heterocycles. The third-order valence-corrected chi connectivity index (χ3v) is 8.28. The Labute approximate surface area is 328 Å². The molecule has 1 aliphatic heterocycles. The number of carbonyl (C=O) groups is 7. The third kappa shape index (κ3) is 8.75. The van der Waals surface area contributed by atoms with Gasteiger partial charge in [-0.25, -0.2) is 0 Å². The lowest BCUT2D eigenvalue weighted by atomic mass is 9.79. The molecule has 58 heavy (non-hydrogen) atoms. The molecule has 1 aliphatic rings. The largest absolute Gasteiger partial charge is 0.484 e. The van der Waals surface area contributed by atoms with Crippen LogP contribution in [-0.2, 0) is 28.8 Å². The van der Waals surface area contributed by atoms with Gasteiger partial charge in [0, 0.05) is 83.0 Å². The molecule has 0 spiro atoms. The minimum atomic E-state index is -1.39. The first-order valence-corrected chi connectivity index (χ1v) is 17.3. The number of hydrogen-bond donors (Lipinski definition) is 0. The number of ether oxygens (including phenoxy) is 7. The van der Waals surface area contributed by atoms with Crippen molar-refractivity contribution in [2.75, 3.05) is 0 Å². The number of rotatable bonds is 9. The molecule has 5 aromatic rings. The number of esters is 6. The normalized spacial score (nSPS) is 14.3. The zero-order valence-corrected chi connectivity index (χ0v) is 31.6. The molecule has 1 aromatic heterocycles. The van der Waals surface area contributed by atoms with Crippen LogP contribution < -0.4 is 38.6 Å². The maximum Gasteiger partial charge on any atom is 0.308 e. The highest BCUT2D eigenvalue weighted by Gasteiger charge is 2.44. The summed E-state index contributed by atoms with van der Waals surface area (Å²) in [5.41, 5.74) is -0.402. The van der Waals surface area contributed by atoms with Gasteiger partial charge < -0.3 is 37.6 Å². The Bertz CT molecular complexity index is 2620. The molecule has 0 saturated heterocycles. The van der Waals surface area contributed by atoms with Crippen molar-refractivity contribution in [2.45, 2.75) is 53.6 Å². The monoisotopic (exact) mass is 792 g/mol. The average molecular weight is 793 g/mol. The standard InChI is InChI=1S/C42H32O16/c1-19(43)51-27-10-7-25(8-11-27)42-38(41(50)40-36(56-24(6)48)16-29(53-21(3)45)17-37(40)58-42)30-13-26(9-12-32(30)54-22(4)46)33-18-31(49)39-34(55-23(5)47)14-28(52-20(2)44)15-35(39)57-33/h7-18,38,42H,1-6H3/t38-,42+/m1/s1. The van der Waals surface area contributed by atoms with Gasteiger partial charge in [0.15, 0.2) is 11.2 Å². The van der Waals surface area contributed by atoms with E-state index in [4.69, 9.17) is 37.6 Å². The maximum absolute atomic E-state index is 15.0. The lowest BCUT2D eigenvalue weighted by molar-refractivity contribution is -0.133. The highest BCUT2D eigenvalue weighted by atomic mass is 16.6. The molecule has 0 bridgehead atoms. The van der Waals surface area contributed by atoms with E-state index >= 15 is 0 Å². The summed E-state index contributed by atoms with van der Waals surface area (Å²) in [5, 5.41) is -0.137. The molecule has 0 unspecified atom stereocenters. The summed E-state index contributed by atoms with van der Waals surface area (Å²) in [7, 11) is 0. The highest BCUT2D eigenvalue weighted by Crippen LogP contribution is 2.51. The maximum atomic E-state index is 15.0. The van der Waals surface area contributed by atoms with Crippen molar-refractivity contribution in [1.82, 2.24) is 0 Å². The quantitative estimate of drug-likeness (QED) is 0.122. The van der Waals surface area contributed by atoms with Crippen molar-refractivity contribution < 1.29 is 71.1 Å². The Hall–Kier alpha value is -7.62. The summed E-state index contributed by atoms with van der Waals surface area (Å²) in [6.45, 7) is 6.91. The van der Waals surface area contributed by atoms with Gasteiger partial charge in [0.25, 0.3) is 0 Å². The van der Waals surface area contributed by atoms with Crippen LogP contribution in [0.25, 0.3) is 22.3 Å². The Morgan fingerprint density at radius 3 is 1.67 bits per heavy atom. The lowest BCUT2D eigenvalue weighted by Gasteiger charge is -2.34. The van der Waals surface area contributed by atoms with Gasteiger partial charge in [-0.3, -0.25) is 38.4 Å². The van der Waals surface area contributed by atoms with Gasteiger partial charge in [-0.05, 0) is 35.9 Å². The van der Waals surface area contributed by atoms with E-state index in [0.717, 1.165) is 40.7 Å². The van der Waals surface area contributed by atoms with Crippen molar-refractivity contribution in [3.8, 4) is 51.6 Å². The van der Waals surface area contributed by atoms with E-state index in [-0.39, 0.29) is 73.7 Å². The second kappa shape index (κ2) is 16.2. The van der Waals surface area contributed by atoms with Crippen LogP contribution in [0.3, 0.4) is 0 Å². The number of Topliss-reactive ketones (excluding diaryl/α,β-unsaturated/α-hetero) is 1. The summed E-state index contributed by atoms with van der Waals surface area (Å²) in [5.74, 6) is -7.18. The fraction of sp³-hybridized carbons (Fsp3) is 0.190. The third-order valence-electron chi connectivity index (χ3n) is 8.28. The minimum Gasteiger partial charge on any atom is -0.484 e. The fourth-order valence-corrected chi connectivity index (χ4v) is 6.34. The number of benzene rings is 4. The average Bonchev–Trinajstić information content (AvgIpc) is 3.10. The second-order valence-electron chi connectivity index (χ2n) is 12.8. The van der Waals surface area contributed by atoms with Crippen LogP contribution in [0.15, 0.2) is 82.0 Å². The lowest BCUT2D eigenvalue weighted by Crippen LogP contribution is -2.31. The van der Waals surface area contributed by atoms with Gasteiger partial charge in [0.1, 0.15) is 68.6 Å². The van der Waals surface area contributed by atoms with Gasteiger partial charge >= 0.3 is 35.8 Å². The van der Waals surface area contributed by atoms with Crippen LogP contribution in [0.4, 0.5) is 0 Å². The van der Waals surface area contributed by atoms with E-state index in [9.17, 15) is 38.4 Å². The minimum absolute atomic E-state index is 0.0484. The van der Waals surface area contributed by atoms with Crippen molar-refractivity contribution in [1.29, 1.82) is 0 Å². The van der Waals surface area contributed by atoms with E-state index in [1.54, 1.807) is 0 Å². The van der Waals surface area contributed by atoms with Crippen LogP contribution in [0.2, 0.25) is 0 Å². The number of fused-ring (bicyclic) bond motifs is 2. The Morgan fingerprint density at radius 1 is 0.534 bits per heavy atom. The molecule has 16 heteroatoms. The number of carbonyl (C=O) groups excluding carboxylic acids is 7. The Morgan fingerprint density at radius 2 is 1.07 bits per heavy atom. The van der Waals surface area contributed by atoms with Gasteiger partial charge in [0.2, 0.25) is 0 Å². The molecular weight excluding hydrogens is 760 g/mol. The molecule has 16 nitrogen and oxygen atoms in total. The first-order chi connectivity index (χ1) is 27.5. The summed E-state index contributed by atoms with van der Waals surface area (Å²) < 4.78 is 44.5. The molecule has 4 aromatic carbocycles. The zero-order valence-electron chi connectivity index (χ0n) is 31.6. The van der Waals surface area contributed by atoms with Crippen LogP contribution in [0, 0.1) is 0 Å². The summed E-state index contributed by atoms with van der Waals surface area (Å²) in [6.07, 6.45) is -1.24. The topological polar surface area (TPSA) is 214 Å². The van der Waals surface area contributed by atoms with Gasteiger partial charge in [0.05, 0.1) is 5.92 Å². The van der Waals surface area contributed by atoms with Gasteiger partial charge in [-0.2, -0.15) is 0 Å². The fourth-order valence-electron chi connectivity index (χ4n) is 6.34. The van der Waals surface area contributed by atoms with E-state index in [1.165, 1.54) is 73.7 Å². The molecular formula is C42H32O16. The van der Waals surface area contributed by atoms with Crippen LogP contribution >= 0.6 is 0 Å². The smallest absolute Gasteiger partial charge is 0.308 e. The molecule has 0 aliphatic carbocycles. The van der Waals surface area contributed by atoms with Crippen molar-refractivity contribution >= 4 is 52.6 Å². The first kappa shape index (κ1) is 40.1. The summed E-state index contributed by atoms with van der Waals surface area (Å²) in [6, 6.07) is 16.3. The predicted octanol–water partition coefficient (Wildman–Crippen LogP) is 6.11. The van der Waals surface area contributed by atoms with Crippen molar-refractivity contribution in [3.05, 3.63) is 99.7 Å². The van der Waals surface area contributed by atoms with Crippen LogP contribution in [0.5, 0.6) is 40.2 Å². The molecule has 6 rings (SSSR count). The molecule has 0 amide bonds. The number of hydrogen-bond acceptors (Lipinski definition) is 16. The van der Waals surface area contributed by atoms with Gasteiger partial charge in [-0.15, -0.1) is 0 Å². The van der Waals surface area contributed by atoms with E-state index < -0.39 is 59.0 Å². The van der Waals surface area contributed by atoms with E-state index in [0.29, 0.717) is 5.56 Å². The Kier molecular flexibility index (Phi) is 11.2. The van der Waals surface area contributed by atoms with Crippen molar-refractivity contribution in [3.63, 3.8) is 0 Å². The molecule has 2 atom stereocenters. The zero-order chi connectivity index (χ0) is 42.0. The molecule has 0 radical (unpaired) electrons. The Balaban J connectivity index is 1.59. The molecule has 296 valence electrons. The van der Waals surface area contributed by atoms with E-state index in [2.05, 4.69) is 0 Å². The van der Waals surface area contributed by atoms with Crippen LogP contribution in [-0.4, -0.2) is 41.6 Å². The van der Waals surface area contributed by atoms with E-state index in [1.807, 2.05) is 0 Å². The van der Waals surface area contributed by atoms with Crippen molar-refractivity contribution in [2.24, 2.45) is 0 Å². The summed E-state index contributed by atoms with van der Waals surface area (Å²) in [4.78, 5) is 101. The second-order valence-corrected chi connectivity index (χ2v) is 12.8.